The van der Waals surface area contributed by atoms with Gasteiger partial charge in [0.15, 0.2) is 0 Å². The van der Waals surface area contributed by atoms with E-state index in [0.29, 0.717) is 24.8 Å². The summed E-state index contributed by atoms with van der Waals surface area (Å²) in [6.45, 7) is 2.54. The molecule has 3 atom stereocenters. The largest absolute Gasteiger partial charge is 0.473 e. The maximum Gasteiger partial charge on any atom is 0.417 e. The second kappa shape index (κ2) is 11.5. The zero-order valence-corrected chi connectivity index (χ0v) is 25.2. The molecule has 3 aliphatic rings. The van der Waals surface area contributed by atoms with Crippen LogP contribution in [0.2, 0.25) is 0 Å². The number of sulfonamides is 1. The van der Waals surface area contributed by atoms with E-state index in [4.69, 9.17) is 9.47 Å². The van der Waals surface area contributed by atoms with Crippen molar-refractivity contribution in [3.8, 4) is 17.0 Å². The van der Waals surface area contributed by atoms with Gasteiger partial charge >= 0.3 is 12.1 Å². The van der Waals surface area contributed by atoms with Gasteiger partial charge in [0.05, 0.1) is 24.3 Å². The number of ether oxygens (including phenoxy) is 2. The summed E-state index contributed by atoms with van der Waals surface area (Å²) in [6, 6.07) is 6.72. The highest BCUT2D eigenvalue weighted by molar-refractivity contribution is 7.88. The maximum absolute atomic E-state index is 15.4. The normalized spacial score (nSPS) is 21.3. The van der Waals surface area contributed by atoms with E-state index in [2.05, 4.69) is 4.98 Å². The summed E-state index contributed by atoms with van der Waals surface area (Å²) >= 11 is 0. The average Bonchev–Trinajstić information content (AvgIpc) is 3.57. The van der Waals surface area contributed by atoms with Gasteiger partial charge < -0.3 is 14.4 Å². The number of carbonyl (C=O) groups excluding carboxylic acids is 1. The number of aromatic nitrogens is 1. The number of esters is 1. The summed E-state index contributed by atoms with van der Waals surface area (Å²) in [7, 11) is -3.38. The number of carbonyl (C=O) groups is 1. The lowest BCUT2D eigenvalue weighted by atomic mass is 9.95. The van der Waals surface area contributed by atoms with Gasteiger partial charge in [-0.05, 0) is 66.3 Å². The zero-order chi connectivity index (χ0) is 32.3. The summed E-state index contributed by atoms with van der Waals surface area (Å²) in [4.78, 5) is 18.1. The van der Waals surface area contributed by atoms with Crippen LogP contribution in [0.5, 0.6) is 5.88 Å². The van der Waals surface area contributed by atoms with Crippen LogP contribution >= 0.6 is 0 Å². The van der Waals surface area contributed by atoms with Gasteiger partial charge in [0.25, 0.3) is 0 Å². The lowest BCUT2D eigenvalue weighted by molar-refractivity contribution is -0.145. The molecule has 0 radical (unpaired) electrons. The Morgan fingerprint density at radius 1 is 1.02 bits per heavy atom. The van der Waals surface area contributed by atoms with Crippen molar-refractivity contribution < 1.29 is 44.6 Å². The minimum absolute atomic E-state index is 0.0360. The molecule has 240 valence electrons. The van der Waals surface area contributed by atoms with Gasteiger partial charge in [-0.2, -0.15) is 17.5 Å². The fourth-order valence-electron chi connectivity index (χ4n) is 6.44. The molecule has 45 heavy (non-hydrogen) atoms. The van der Waals surface area contributed by atoms with Gasteiger partial charge in [-0.15, -0.1) is 0 Å². The molecule has 1 saturated carbocycles. The van der Waals surface area contributed by atoms with E-state index >= 15 is 4.39 Å². The molecule has 1 saturated heterocycles. The Morgan fingerprint density at radius 3 is 2.40 bits per heavy atom. The fourth-order valence-corrected chi connectivity index (χ4v) is 7.27. The average molecular weight is 652 g/mol. The number of fused-ring (bicyclic) bond motifs is 3. The van der Waals surface area contributed by atoms with E-state index in [1.165, 1.54) is 16.4 Å². The van der Waals surface area contributed by atoms with E-state index < -0.39 is 45.6 Å². The number of benzene rings is 2. The van der Waals surface area contributed by atoms with Gasteiger partial charge in [-0.25, -0.2) is 22.2 Å². The van der Waals surface area contributed by atoms with Crippen LogP contribution in [0.25, 0.3) is 11.1 Å². The van der Waals surface area contributed by atoms with Gasteiger partial charge in [0.2, 0.25) is 15.9 Å². The van der Waals surface area contributed by atoms with E-state index in [9.17, 15) is 30.8 Å². The van der Waals surface area contributed by atoms with E-state index in [1.54, 1.807) is 24.1 Å². The molecule has 2 aromatic carbocycles. The summed E-state index contributed by atoms with van der Waals surface area (Å²) in [5.41, 5.74) is -0.214. The quantitative estimate of drug-likeness (QED) is 0.246. The summed E-state index contributed by atoms with van der Waals surface area (Å²) in [5.74, 6) is -2.21. The summed E-state index contributed by atoms with van der Waals surface area (Å²) in [5, 5.41) is 0. The minimum Gasteiger partial charge on any atom is -0.473 e. The van der Waals surface area contributed by atoms with Crippen LogP contribution in [0.15, 0.2) is 42.6 Å². The third-order valence-corrected chi connectivity index (χ3v) is 10.0. The molecule has 8 nitrogen and oxygen atoms in total. The van der Waals surface area contributed by atoms with Crippen molar-refractivity contribution in [2.24, 2.45) is 11.8 Å². The first kappa shape index (κ1) is 31.2. The van der Waals surface area contributed by atoms with E-state index in [1.807, 2.05) is 0 Å². The molecule has 0 bridgehead atoms. The highest BCUT2D eigenvalue weighted by atomic mass is 32.2. The lowest BCUT2D eigenvalue weighted by Crippen LogP contribution is -2.48. The van der Waals surface area contributed by atoms with Crippen molar-refractivity contribution in [1.29, 1.82) is 0 Å². The first-order chi connectivity index (χ1) is 21.3. The highest BCUT2D eigenvalue weighted by Gasteiger charge is 2.60. The van der Waals surface area contributed by atoms with Gasteiger partial charge in [0, 0.05) is 61.2 Å². The third-order valence-electron chi connectivity index (χ3n) is 8.72. The van der Waals surface area contributed by atoms with Gasteiger partial charge in [-0.1, -0.05) is 0 Å². The summed E-state index contributed by atoms with van der Waals surface area (Å²) < 4.78 is 108. The molecule has 0 spiro atoms. The number of anilines is 1. The van der Waals surface area contributed by atoms with Crippen LogP contribution in [0.1, 0.15) is 35.1 Å². The van der Waals surface area contributed by atoms with Crippen LogP contribution in [-0.4, -0.2) is 62.7 Å². The molecular formula is C31H30F5N3O5S. The van der Waals surface area contributed by atoms with Crippen molar-refractivity contribution in [2.45, 2.75) is 32.0 Å². The first-order valence-corrected chi connectivity index (χ1v) is 16.3. The van der Waals surface area contributed by atoms with Crippen molar-refractivity contribution >= 4 is 21.7 Å². The van der Waals surface area contributed by atoms with E-state index in [0.717, 1.165) is 29.5 Å². The number of rotatable bonds is 8. The van der Waals surface area contributed by atoms with Crippen LogP contribution < -0.4 is 9.64 Å². The zero-order valence-electron chi connectivity index (χ0n) is 24.4. The van der Waals surface area contributed by atoms with Crippen molar-refractivity contribution in [2.75, 3.05) is 43.9 Å². The number of piperazine rings is 1. The molecule has 0 unspecified atom stereocenters. The van der Waals surface area contributed by atoms with E-state index in [-0.39, 0.29) is 66.9 Å². The van der Waals surface area contributed by atoms with Crippen molar-refractivity contribution in [1.82, 2.24) is 9.29 Å². The molecule has 1 aromatic heterocycles. The number of pyridine rings is 1. The number of alkyl halides is 3. The molecule has 14 heteroatoms. The molecule has 3 aromatic rings. The predicted molar refractivity (Wildman–Crippen MR) is 154 cm³/mol. The van der Waals surface area contributed by atoms with Crippen molar-refractivity contribution in [3.05, 3.63) is 76.5 Å². The molecule has 1 aliphatic heterocycles. The van der Waals surface area contributed by atoms with Gasteiger partial charge in [-0.3, -0.25) is 4.79 Å². The molecule has 0 amide bonds. The molecule has 0 N–H and O–H groups in total. The smallest absolute Gasteiger partial charge is 0.417 e. The Hall–Kier alpha value is -3.78. The standard InChI is InChI=1S/C31H30F5N3O5S/c1-3-43-30(40)29-22-10-17-12-27(37-15-23(17)28(22)29)44-16-18-11-21(24(14-25(18)32)31(34,35)36)20-5-4-19(13-26(20)33)38-6-8-39(9-7-38)45(2,41)42/h4-5,11-15,22,28-29H,3,6-10,16H2,1-2H3/t22-,28-,29+/m1/s1. The monoisotopic (exact) mass is 651 g/mol. The SMILES string of the molecule is CCOC(=O)[C@H]1[C@@H]2Cc3cc(OCc4cc(-c5ccc(N6CCN(S(C)(=O)=O)CC6)cc5F)c(C(F)(F)F)cc4F)ncc3[C@@H]21. The number of halogens is 5. The topological polar surface area (TPSA) is 89.0 Å². The molecule has 2 fully saturated rings. The summed E-state index contributed by atoms with van der Waals surface area (Å²) in [6.07, 6.45) is -1.64. The Labute approximate surface area is 256 Å². The minimum atomic E-state index is -4.97. The second-order valence-corrected chi connectivity index (χ2v) is 13.5. The Morgan fingerprint density at radius 2 is 1.76 bits per heavy atom. The molecule has 6 rings (SSSR count). The highest BCUT2D eigenvalue weighted by Crippen LogP contribution is 2.61. The Balaban J connectivity index is 1.21. The van der Waals surface area contributed by atoms with Gasteiger partial charge in [0.1, 0.15) is 18.2 Å². The van der Waals surface area contributed by atoms with Crippen LogP contribution in [-0.2, 0) is 38.8 Å². The number of hydrogen-bond donors (Lipinski definition) is 0. The van der Waals surface area contributed by atoms with Crippen LogP contribution in [0.3, 0.4) is 0 Å². The lowest BCUT2D eigenvalue weighted by Gasteiger charge is -2.34. The second-order valence-electron chi connectivity index (χ2n) is 11.5. The first-order valence-electron chi connectivity index (χ1n) is 14.4. The van der Waals surface area contributed by atoms with Crippen LogP contribution in [0, 0.1) is 23.5 Å². The maximum atomic E-state index is 15.4. The fraction of sp³-hybridized carbons (Fsp3) is 0.419. The molecule has 2 heterocycles. The van der Waals surface area contributed by atoms with Crippen molar-refractivity contribution in [3.63, 3.8) is 0 Å². The number of hydrogen-bond acceptors (Lipinski definition) is 7. The predicted octanol–water partition coefficient (Wildman–Crippen LogP) is 5.16. The number of nitrogens with zero attached hydrogens (tertiary/aromatic N) is 3. The third kappa shape index (κ3) is 6.09. The molecule has 2 aliphatic carbocycles. The molecular weight excluding hydrogens is 621 g/mol. The Kier molecular flexibility index (Phi) is 8.00. The van der Waals surface area contributed by atoms with Crippen LogP contribution in [0.4, 0.5) is 27.6 Å². The Bertz CT molecular complexity index is 1760.